The van der Waals surface area contributed by atoms with Gasteiger partial charge in [-0.1, -0.05) is 25.1 Å². The van der Waals surface area contributed by atoms with Crippen molar-refractivity contribution in [3.63, 3.8) is 0 Å². The Morgan fingerprint density at radius 3 is 3.15 bits per heavy atom. The fourth-order valence-corrected chi connectivity index (χ4v) is 1.90. The van der Waals surface area contributed by atoms with Gasteiger partial charge < -0.3 is 11.1 Å². The van der Waals surface area contributed by atoms with Crippen LogP contribution in [0.25, 0.3) is 0 Å². The van der Waals surface area contributed by atoms with Crippen LogP contribution in [0.15, 0.2) is 18.2 Å². The van der Waals surface area contributed by atoms with Crippen molar-refractivity contribution in [2.45, 2.75) is 19.3 Å². The van der Waals surface area contributed by atoms with Crippen molar-refractivity contribution in [3.8, 4) is 0 Å². The SMILES string of the molecule is CC(CN)c1cccc2c1NCC2. The Balaban J connectivity index is 2.41. The van der Waals surface area contributed by atoms with Gasteiger partial charge in [-0.05, 0) is 30.0 Å². The highest BCUT2D eigenvalue weighted by Crippen LogP contribution is 2.30. The molecule has 0 saturated heterocycles. The Morgan fingerprint density at radius 2 is 2.38 bits per heavy atom. The first-order chi connectivity index (χ1) is 6.33. The third kappa shape index (κ3) is 1.42. The second-order valence-electron chi connectivity index (χ2n) is 3.69. The van der Waals surface area contributed by atoms with E-state index in [1.54, 1.807) is 0 Å². The van der Waals surface area contributed by atoms with Gasteiger partial charge in [0.05, 0.1) is 0 Å². The van der Waals surface area contributed by atoms with Crippen LogP contribution >= 0.6 is 0 Å². The Labute approximate surface area is 79.1 Å². The molecule has 0 aliphatic carbocycles. The van der Waals surface area contributed by atoms with Gasteiger partial charge in [0, 0.05) is 12.2 Å². The van der Waals surface area contributed by atoms with Gasteiger partial charge in [-0.15, -0.1) is 0 Å². The van der Waals surface area contributed by atoms with Gasteiger partial charge >= 0.3 is 0 Å². The maximum atomic E-state index is 5.67. The second kappa shape index (κ2) is 3.38. The Bertz CT molecular complexity index is 307. The average Bonchev–Trinajstić information content (AvgIpc) is 2.63. The number of nitrogens with two attached hydrogens (primary N) is 1. The minimum absolute atomic E-state index is 0.459. The summed E-state index contributed by atoms with van der Waals surface area (Å²) >= 11 is 0. The highest BCUT2D eigenvalue weighted by atomic mass is 14.9. The van der Waals surface area contributed by atoms with Crippen molar-refractivity contribution < 1.29 is 0 Å². The quantitative estimate of drug-likeness (QED) is 0.720. The molecule has 70 valence electrons. The van der Waals surface area contributed by atoms with E-state index in [2.05, 4.69) is 30.4 Å². The minimum atomic E-state index is 0.459. The summed E-state index contributed by atoms with van der Waals surface area (Å²) in [6.07, 6.45) is 1.15. The number of hydrogen-bond acceptors (Lipinski definition) is 2. The highest BCUT2D eigenvalue weighted by Gasteiger charge is 2.16. The van der Waals surface area contributed by atoms with E-state index in [1.165, 1.54) is 16.8 Å². The van der Waals surface area contributed by atoms with Gasteiger partial charge in [0.15, 0.2) is 0 Å². The molecule has 1 aromatic carbocycles. The number of anilines is 1. The predicted octanol–water partition coefficient (Wildman–Crippen LogP) is 1.72. The Kier molecular flexibility index (Phi) is 2.23. The van der Waals surface area contributed by atoms with Gasteiger partial charge in [-0.25, -0.2) is 0 Å². The molecule has 2 heteroatoms. The van der Waals surface area contributed by atoms with Crippen LogP contribution in [0.1, 0.15) is 24.0 Å². The average molecular weight is 176 g/mol. The number of rotatable bonds is 2. The van der Waals surface area contributed by atoms with E-state index in [-0.39, 0.29) is 0 Å². The molecule has 0 fully saturated rings. The van der Waals surface area contributed by atoms with E-state index in [1.807, 2.05) is 0 Å². The monoisotopic (exact) mass is 176 g/mol. The molecule has 0 amide bonds. The normalized spacial score (nSPS) is 16.5. The second-order valence-corrected chi connectivity index (χ2v) is 3.69. The van der Waals surface area contributed by atoms with Gasteiger partial charge in [0.2, 0.25) is 0 Å². The maximum Gasteiger partial charge on any atom is 0.0409 e. The molecule has 0 aromatic heterocycles. The van der Waals surface area contributed by atoms with Gasteiger partial charge in [-0.2, -0.15) is 0 Å². The Morgan fingerprint density at radius 1 is 1.54 bits per heavy atom. The van der Waals surface area contributed by atoms with Crippen LogP contribution in [0.2, 0.25) is 0 Å². The van der Waals surface area contributed by atoms with Crippen molar-refractivity contribution >= 4 is 5.69 Å². The summed E-state index contributed by atoms with van der Waals surface area (Å²) < 4.78 is 0. The molecule has 1 aromatic rings. The molecule has 0 spiro atoms. The number of fused-ring (bicyclic) bond motifs is 1. The van der Waals surface area contributed by atoms with Gasteiger partial charge in [-0.3, -0.25) is 0 Å². The molecule has 0 bridgehead atoms. The Hall–Kier alpha value is -1.02. The highest BCUT2D eigenvalue weighted by molar-refractivity contribution is 5.62. The van der Waals surface area contributed by atoms with Crippen LogP contribution in [0.4, 0.5) is 5.69 Å². The van der Waals surface area contributed by atoms with Crippen molar-refractivity contribution in [2.24, 2.45) is 5.73 Å². The summed E-state index contributed by atoms with van der Waals surface area (Å²) in [6, 6.07) is 6.50. The molecule has 0 radical (unpaired) electrons. The lowest BCUT2D eigenvalue weighted by atomic mass is 9.97. The smallest absolute Gasteiger partial charge is 0.0409 e. The lowest BCUT2D eigenvalue weighted by Gasteiger charge is -2.13. The molecule has 2 rings (SSSR count). The van der Waals surface area contributed by atoms with Crippen LogP contribution in [-0.4, -0.2) is 13.1 Å². The molecule has 1 atom stereocenters. The van der Waals surface area contributed by atoms with E-state index in [9.17, 15) is 0 Å². The van der Waals surface area contributed by atoms with Gasteiger partial charge in [0.1, 0.15) is 0 Å². The van der Waals surface area contributed by atoms with Crippen molar-refractivity contribution in [1.29, 1.82) is 0 Å². The van der Waals surface area contributed by atoms with E-state index < -0.39 is 0 Å². The number of nitrogens with one attached hydrogen (secondary N) is 1. The molecule has 1 aliphatic rings. The van der Waals surface area contributed by atoms with E-state index >= 15 is 0 Å². The van der Waals surface area contributed by atoms with Crippen LogP contribution in [0.3, 0.4) is 0 Å². The summed E-state index contributed by atoms with van der Waals surface area (Å²) in [5.74, 6) is 0.459. The predicted molar refractivity (Wildman–Crippen MR) is 56.1 cm³/mol. The first kappa shape index (κ1) is 8.57. The van der Waals surface area contributed by atoms with Crippen LogP contribution < -0.4 is 11.1 Å². The first-order valence-electron chi connectivity index (χ1n) is 4.88. The van der Waals surface area contributed by atoms with Crippen molar-refractivity contribution in [3.05, 3.63) is 29.3 Å². The summed E-state index contributed by atoms with van der Waals surface area (Å²) in [5.41, 5.74) is 9.82. The topological polar surface area (TPSA) is 38.0 Å². The van der Waals surface area contributed by atoms with Crippen molar-refractivity contribution in [1.82, 2.24) is 0 Å². The fraction of sp³-hybridized carbons (Fsp3) is 0.455. The zero-order valence-electron chi connectivity index (χ0n) is 8.01. The zero-order valence-corrected chi connectivity index (χ0v) is 8.01. The summed E-state index contributed by atoms with van der Waals surface area (Å²) in [6.45, 7) is 3.97. The molecule has 13 heavy (non-hydrogen) atoms. The third-order valence-electron chi connectivity index (χ3n) is 2.76. The standard InChI is InChI=1S/C11H16N2/c1-8(7-12)10-4-2-3-9-5-6-13-11(9)10/h2-4,8,13H,5-7,12H2,1H3. The zero-order chi connectivity index (χ0) is 9.26. The lowest BCUT2D eigenvalue weighted by Crippen LogP contribution is -2.10. The third-order valence-corrected chi connectivity index (χ3v) is 2.76. The van der Waals surface area contributed by atoms with E-state index in [0.29, 0.717) is 5.92 Å². The van der Waals surface area contributed by atoms with Crippen molar-refractivity contribution in [2.75, 3.05) is 18.4 Å². The summed E-state index contributed by atoms with van der Waals surface area (Å²) in [7, 11) is 0. The lowest BCUT2D eigenvalue weighted by molar-refractivity contribution is 0.776. The maximum absolute atomic E-state index is 5.67. The first-order valence-corrected chi connectivity index (χ1v) is 4.88. The fourth-order valence-electron chi connectivity index (χ4n) is 1.90. The van der Waals surface area contributed by atoms with Crippen LogP contribution in [0.5, 0.6) is 0 Å². The molecule has 2 nitrogen and oxygen atoms in total. The number of para-hydroxylation sites is 1. The number of benzene rings is 1. The summed E-state index contributed by atoms with van der Waals surface area (Å²) in [4.78, 5) is 0. The molecule has 1 unspecified atom stereocenters. The van der Waals surface area contributed by atoms with Gasteiger partial charge in [0.25, 0.3) is 0 Å². The van der Waals surface area contributed by atoms with Crippen LogP contribution in [-0.2, 0) is 6.42 Å². The molecule has 3 N–H and O–H groups in total. The molecule has 1 aliphatic heterocycles. The van der Waals surface area contributed by atoms with Crippen LogP contribution in [0, 0.1) is 0 Å². The minimum Gasteiger partial charge on any atom is -0.384 e. The molecular weight excluding hydrogens is 160 g/mol. The van der Waals surface area contributed by atoms with E-state index in [0.717, 1.165) is 19.5 Å². The molecule has 1 heterocycles. The molecule has 0 saturated carbocycles. The summed E-state index contributed by atoms with van der Waals surface area (Å²) in [5, 5.41) is 3.43. The largest absolute Gasteiger partial charge is 0.384 e. The molecular formula is C11H16N2. The number of hydrogen-bond donors (Lipinski definition) is 2. The van der Waals surface area contributed by atoms with E-state index in [4.69, 9.17) is 5.73 Å².